The summed E-state index contributed by atoms with van der Waals surface area (Å²) in [6, 6.07) is 13.0. The molecule has 1 atom stereocenters. The molecule has 0 aromatic heterocycles. The number of benzene rings is 2. The minimum Gasteiger partial charge on any atom is -0.497 e. The first kappa shape index (κ1) is 23.6. The molecule has 1 heterocycles. The highest BCUT2D eigenvalue weighted by molar-refractivity contribution is 6.35. The third-order valence-corrected chi connectivity index (χ3v) is 5.36. The molecule has 0 saturated carbocycles. The van der Waals surface area contributed by atoms with Gasteiger partial charge < -0.3 is 14.8 Å². The van der Waals surface area contributed by atoms with Crippen molar-refractivity contribution < 1.29 is 14.3 Å². The fourth-order valence-electron chi connectivity index (χ4n) is 3.33. The van der Waals surface area contributed by atoms with Crippen LogP contribution in [0, 0.1) is 0 Å². The molecule has 8 heteroatoms. The van der Waals surface area contributed by atoms with Gasteiger partial charge in [-0.1, -0.05) is 35.3 Å². The first-order valence-corrected chi connectivity index (χ1v) is 10.0. The molecule has 1 N–H and O–H groups in total. The number of ether oxygens (including phenoxy) is 2. The third-order valence-electron chi connectivity index (χ3n) is 4.83. The quantitative estimate of drug-likeness (QED) is 0.618. The van der Waals surface area contributed by atoms with Gasteiger partial charge in [-0.05, 0) is 61.8 Å². The average molecular weight is 460 g/mol. The van der Waals surface area contributed by atoms with Crippen LogP contribution in [0.25, 0.3) is 0 Å². The zero-order valence-corrected chi connectivity index (χ0v) is 18.5. The Balaban J connectivity index is 0.00000300. The average Bonchev–Trinajstić information content (AvgIpc) is 3.22. The van der Waals surface area contributed by atoms with Gasteiger partial charge in [0.2, 0.25) is 0 Å². The van der Waals surface area contributed by atoms with Gasteiger partial charge in [0.25, 0.3) is 5.91 Å². The van der Waals surface area contributed by atoms with Crippen molar-refractivity contribution in [3.63, 3.8) is 0 Å². The molecule has 2 aromatic carbocycles. The van der Waals surface area contributed by atoms with Crippen LogP contribution in [0.1, 0.15) is 24.4 Å². The molecule has 1 unspecified atom stereocenters. The highest BCUT2D eigenvalue weighted by Crippen LogP contribution is 2.28. The fraction of sp³-hybridized carbons (Fsp3) is 0.381. The smallest absolute Gasteiger partial charge is 0.258 e. The topological polar surface area (TPSA) is 50.8 Å². The number of nitrogens with zero attached hydrogens (tertiary/aromatic N) is 1. The maximum absolute atomic E-state index is 12.3. The Hall–Kier alpha value is -1.66. The van der Waals surface area contributed by atoms with Crippen molar-refractivity contribution in [3.8, 4) is 11.5 Å². The molecule has 1 fully saturated rings. The van der Waals surface area contributed by atoms with Gasteiger partial charge in [-0.25, -0.2) is 0 Å². The predicted molar refractivity (Wildman–Crippen MR) is 119 cm³/mol. The van der Waals surface area contributed by atoms with Crippen molar-refractivity contribution in [3.05, 3.63) is 58.1 Å². The first-order chi connectivity index (χ1) is 13.6. The normalized spacial score (nSPS) is 14.7. The molecule has 0 aliphatic carbocycles. The number of likely N-dealkylation sites (tertiary alicyclic amines) is 1. The number of hydrogen-bond donors (Lipinski definition) is 1. The van der Waals surface area contributed by atoms with E-state index < -0.39 is 0 Å². The van der Waals surface area contributed by atoms with E-state index in [1.807, 2.05) is 12.1 Å². The van der Waals surface area contributed by atoms with Gasteiger partial charge in [-0.2, -0.15) is 0 Å². The number of halogens is 3. The molecule has 5 nitrogen and oxygen atoms in total. The Morgan fingerprint density at radius 3 is 2.45 bits per heavy atom. The number of carbonyl (C=O) groups excluding carboxylic acids is 1. The van der Waals surface area contributed by atoms with E-state index in [0.29, 0.717) is 22.3 Å². The first-order valence-electron chi connectivity index (χ1n) is 9.29. The number of nitrogens with one attached hydrogen (secondary N) is 1. The van der Waals surface area contributed by atoms with E-state index in [1.54, 1.807) is 25.3 Å². The summed E-state index contributed by atoms with van der Waals surface area (Å²) in [6.07, 6.45) is 2.36. The van der Waals surface area contributed by atoms with Crippen molar-refractivity contribution in [2.24, 2.45) is 0 Å². The summed E-state index contributed by atoms with van der Waals surface area (Å²) in [5, 5.41) is 3.89. The molecule has 1 amide bonds. The van der Waals surface area contributed by atoms with Crippen LogP contribution in [0.4, 0.5) is 0 Å². The summed E-state index contributed by atoms with van der Waals surface area (Å²) < 4.78 is 10.8. The number of methoxy groups -OCH3 is 1. The predicted octanol–water partition coefficient (Wildman–Crippen LogP) is 4.76. The van der Waals surface area contributed by atoms with Crippen LogP contribution < -0.4 is 14.8 Å². The van der Waals surface area contributed by atoms with E-state index in [4.69, 9.17) is 32.7 Å². The van der Waals surface area contributed by atoms with E-state index >= 15 is 0 Å². The van der Waals surface area contributed by atoms with Crippen LogP contribution >= 0.6 is 35.6 Å². The lowest BCUT2D eigenvalue weighted by Gasteiger charge is -2.28. The van der Waals surface area contributed by atoms with Crippen molar-refractivity contribution in [1.29, 1.82) is 0 Å². The molecule has 0 bridgehead atoms. The van der Waals surface area contributed by atoms with Crippen molar-refractivity contribution in [2.45, 2.75) is 18.9 Å². The Bertz CT molecular complexity index is 796. The SMILES string of the molecule is COc1ccc(C(CNC(=O)COc2ccc(Cl)cc2Cl)N2CCCC2)cc1.Cl. The monoisotopic (exact) mass is 458 g/mol. The molecule has 2 aromatic rings. The second-order valence-corrected chi connectivity index (χ2v) is 7.54. The van der Waals surface area contributed by atoms with Crippen molar-refractivity contribution >= 4 is 41.5 Å². The van der Waals surface area contributed by atoms with Gasteiger partial charge in [-0.3, -0.25) is 9.69 Å². The van der Waals surface area contributed by atoms with Gasteiger partial charge in [0.1, 0.15) is 11.5 Å². The van der Waals surface area contributed by atoms with Crippen LogP contribution in [0.15, 0.2) is 42.5 Å². The zero-order chi connectivity index (χ0) is 19.9. The minimum absolute atomic E-state index is 0. The molecule has 0 spiro atoms. The van der Waals surface area contributed by atoms with Gasteiger partial charge >= 0.3 is 0 Å². The summed E-state index contributed by atoms with van der Waals surface area (Å²) in [6.45, 7) is 2.48. The lowest BCUT2D eigenvalue weighted by atomic mass is 10.1. The van der Waals surface area contributed by atoms with Crippen LogP contribution in [0.3, 0.4) is 0 Å². The molecule has 0 radical (unpaired) electrons. The second kappa shape index (κ2) is 11.5. The maximum Gasteiger partial charge on any atom is 0.258 e. The van der Waals surface area contributed by atoms with Crippen LogP contribution in [-0.2, 0) is 4.79 Å². The molecule has 158 valence electrons. The van der Waals surface area contributed by atoms with E-state index in [2.05, 4.69) is 22.3 Å². The highest BCUT2D eigenvalue weighted by Gasteiger charge is 2.24. The molecular formula is C21H25Cl3N2O3. The molecular weight excluding hydrogens is 435 g/mol. The highest BCUT2D eigenvalue weighted by atomic mass is 35.5. The van der Waals surface area contributed by atoms with Gasteiger partial charge in [-0.15, -0.1) is 12.4 Å². The second-order valence-electron chi connectivity index (χ2n) is 6.70. The fourth-order valence-corrected chi connectivity index (χ4v) is 3.80. The largest absolute Gasteiger partial charge is 0.497 e. The van der Waals surface area contributed by atoms with E-state index in [-0.39, 0.29) is 31.0 Å². The Morgan fingerprint density at radius 1 is 1.14 bits per heavy atom. The third kappa shape index (κ3) is 6.68. The standard InChI is InChI=1S/C21H24Cl2N2O3.ClH/c1-27-17-7-4-15(5-8-17)19(25-10-2-3-11-25)13-24-21(26)14-28-20-9-6-16(22)12-18(20)23;/h4-9,12,19H,2-3,10-11,13-14H2,1H3,(H,24,26);1H. The number of amides is 1. The van der Waals surface area contributed by atoms with Crippen LogP contribution in [-0.4, -0.2) is 44.2 Å². The molecule has 1 aliphatic rings. The molecule has 29 heavy (non-hydrogen) atoms. The maximum atomic E-state index is 12.3. The zero-order valence-electron chi connectivity index (χ0n) is 16.2. The van der Waals surface area contributed by atoms with Gasteiger partial charge in [0.05, 0.1) is 18.2 Å². The van der Waals surface area contributed by atoms with E-state index in [1.165, 1.54) is 12.8 Å². The van der Waals surface area contributed by atoms with E-state index in [0.717, 1.165) is 24.4 Å². The molecule has 1 aliphatic heterocycles. The number of rotatable bonds is 8. The van der Waals surface area contributed by atoms with Crippen LogP contribution in [0.5, 0.6) is 11.5 Å². The lowest BCUT2D eigenvalue weighted by Crippen LogP contribution is -2.38. The van der Waals surface area contributed by atoms with Crippen molar-refractivity contribution in [2.75, 3.05) is 33.4 Å². The molecule has 3 rings (SSSR count). The summed E-state index contributed by atoms with van der Waals surface area (Å²) in [7, 11) is 1.65. The summed E-state index contributed by atoms with van der Waals surface area (Å²) >= 11 is 11.9. The Morgan fingerprint density at radius 2 is 1.83 bits per heavy atom. The van der Waals surface area contributed by atoms with Gasteiger partial charge in [0.15, 0.2) is 6.61 Å². The van der Waals surface area contributed by atoms with Crippen molar-refractivity contribution in [1.82, 2.24) is 10.2 Å². The van der Waals surface area contributed by atoms with Gasteiger partial charge in [0, 0.05) is 11.6 Å². The summed E-state index contributed by atoms with van der Waals surface area (Å²) in [5.74, 6) is 1.07. The Kier molecular flexibility index (Phi) is 9.37. The number of hydrogen-bond acceptors (Lipinski definition) is 4. The summed E-state index contributed by atoms with van der Waals surface area (Å²) in [4.78, 5) is 14.7. The van der Waals surface area contributed by atoms with E-state index in [9.17, 15) is 4.79 Å². The molecule has 1 saturated heterocycles. The Labute approximate surface area is 187 Å². The number of carbonyl (C=O) groups is 1. The lowest BCUT2D eigenvalue weighted by molar-refractivity contribution is -0.123. The van der Waals surface area contributed by atoms with Crippen LogP contribution in [0.2, 0.25) is 10.0 Å². The minimum atomic E-state index is -0.191. The summed E-state index contributed by atoms with van der Waals surface area (Å²) in [5.41, 5.74) is 1.16.